The quantitative estimate of drug-likeness (QED) is 0.521. The van der Waals surface area contributed by atoms with Crippen LogP contribution in [0.25, 0.3) is 16.3 Å². The number of aromatic nitrogens is 1. The molecule has 3 aromatic rings. The van der Waals surface area contributed by atoms with E-state index >= 15 is 0 Å². The van der Waals surface area contributed by atoms with Crippen molar-refractivity contribution in [2.24, 2.45) is 0 Å². The van der Waals surface area contributed by atoms with Crippen LogP contribution in [0.3, 0.4) is 0 Å². The molecule has 0 aliphatic rings. The first-order valence-corrected chi connectivity index (χ1v) is 9.12. The number of anilines is 1. The first-order chi connectivity index (χ1) is 11.2. The lowest BCUT2D eigenvalue weighted by Gasteiger charge is -2.01. The van der Waals surface area contributed by atoms with E-state index in [9.17, 15) is 4.79 Å². The van der Waals surface area contributed by atoms with Crippen LogP contribution in [0.1, 0.15) is 12.5 Å². The normalized spacial score (nSPS) is 11.2. The zero-order valence-electron chi connectivity index (χ0n) is 12.7. The van der Waals surface area contributed by atoms with Gasteiger partial charge in [0.2, 0.25) is 5.91 Å². The summed E-state index contributed by atoms with van der Waals surface area (Å²) in [5, 5.41) is 2.89. The van der Waals surface area contributed by atoms with Crippen LogP contribution in [0.5, 0.6) is 0 Å². The van der Waals surface area contributed by atoms with Crippen molar-refractivity contribution in [3.05, 3.63) is 60.2 Å². The maximum Gasteiger partial charge on any atom is 0.248 e. The minimum Gasteiger partial charge on any atom is -0.322 e. The molecule has 0 aliphatic heterocycles. The van der Waals surface area contributed by atoms with Gasteiger partial charge in [-0.25, -0.2) is 4.98 Å². The monoisotopic (exact) mass is 340 g/mol. The Morgan fingerprint density at radius 2 is 2.09 bits per heavy atom. The summed E-state index contributed by atoms with van der Waals surface area (Å²) in [7, 11) is 0. The fourth-order valence-electron chi connectivity index (χ4n) is 2.09. The Kier molecular flexibility index (Phi) is 5.10. The molecule has 0 unspecified atom stereocenters. The number of hydrogen-bond acceptors (Lipinski definition) is 4. The minimum absolute atomic E-state index is 0.138. The SMILES string of the molecule is CCSc1nc2ccc(NC(=O)C=Cc3ccccc3)cc2s1. The van der Waals surface area contributed by atoms with Crippen LogP contribution in [0, 0.1) is 0 Å². The Balaban J connectivity index is 1.70. The summed E-state index contributed by atoms with van der Waals surface area (Å²) in [6, 6.07) is 15.6. The van der Waals surface area contributed by atoms with Gasteiger partial charge in [0.1, 0.15) is 0 Å². The van der Waals surface area contributed by atoms with Crippen LogP contribution in [0.4, 0.5) is 5.69 Å². The number of hydrogen-bond donors (Lipinski definition) is 1. The Bertz CT molecular complexity index is 841. The molecule has 0 saturated heterocycles. The van der Waals surface area contributed by atoms with E-state index in [0.29, 0.717) is 0 Å². The van der Waals surface area contributed by atoms with E-state index in [1.807, 2.05) is 48.5 Å². The molecular formula is C18H16N2OS2. The number of fused-ring (bicyclic) bond motifs is 1. The van der Waals surface area contributed by atoms with E-state index in [4.69, 9.17) is 0 Å². The second-order valence-electron chi connectivity index (χ2n) is 4.83. The summed E-state index contributed by atoms with van der Waals surface area (Å²) in [6.45, 7) is 2.11. The van der Waals surface area contributed by atoms with Crippen molar-refractivity contribution in [3.8, 4) is 0 Å². The number of carbonyl (C=O) groups is 1. The van der Waals surface area contributed by atoms with Crippen LogP contribution < -0.4 is 5.32 Å². The molecule has 1 aromatic heterocycles. The lowest BCUT2D eigenvalue weighted by Crippen LogP contribution is -2.07. The molecule has 0 fully saturated rings. The second kappa shape index (κ2) is 7.44. The fourth-order valence-corrected chi connectivity index (χ4v) is 4.09. The van der Waals surface area contributed by atoms with Crippen LogP contribution in [0.15, 0.2) is 58.9 Å². The summed E-state index contributed by atoms with van der Waals surface area (Å²) < 4.78 is 2.15. The van der Waals surface area contributed by atoms with Crippen molar-refractivity contribution in [1.29, 1.82) is 0 Å². The molecule has 1 N–H and O–H groups in total. The van der Waals surface area contributed by atoms with Crippen molar-refractivity contribution in [3.63, 3.8) is 0 Å². The molecule has 23 heavy (non-hydrogen) atoms. The van der Waals surface area contributed by atoms with Gasteiger partial charge in [-0.1, -0.05) is 49.0 Å². The highest BCUT2D eigenvalue weighted by molar-refractivity contribution is 8.01. The number of rotatable bonds is 5. The third kappa shape index (κ3) is 4.21. The molecule has 0 bridgehead atoms. The summed E-state index contributed by atoms with van der Waals surface area (Å²) in [6.07, 6.45) is 3.35. The topological polar surface area (TPSA) is 42.0 Å². The Morgan fingerprint density at radius 3 is 2.87 bits per heavy atom. The van der Waals surface area contributed by atoms with Crippen molar-refractivity contribution in [2.75, 3.05) is 11.1 Å². The molecule has 1 amide bonds. The average Bonchev–Trinajstić information content (AvgIpc) is 2.96. The fraction of sp³-hybridized carbons (Fsp3) is 0.111. The van der Waals surface area contributed by atoms with Crippen molar-refractivity contribution >= 4 is 51.0 Å². The first kappa shape index (κ1) is 15.8. The van der Waals surface area contributed by atoms with E-state index in [1.165, 1.54) is 0 Å². The van der Waals surface area contributed by atoms with Crippen LogP contribution in [-0.4, -0.2) is 16.6 Å². The number of benzene rings is 2. The molecule has 0 saturated carbocycles. The molecule has 1 heterocycles. The Labute approximate surface area is 143 Å². The molecule has 0 atom stereocenters. The smallest absolute Gasteiger partial charge is 0.248 e. The number of thioether (sulfide) groups is 1. The van der Waals surface area contributed by atoms with Gasteiger partial charge in [-0.15, -0.1) is 11.3 Å². The summed E-state index contributed by atoms with van der Waals surface area (Å²) in [5.41, 5.74) is 2.77. The molecular weight excluding hydrogens is 324 g/mol. The van der Waals surface area contributed by atoms with Gasteiger partial charge >= 0.3 is 0 Å². The highest BCUT2D eigenvalue weighted by Crippen LogP contribution is 2.31. The zero-order chi connectivity index (χ0) is 16.1. The van der Waals surface area contributed by atoms with Crippen LogP contribution in [0.2, 0.25) is 0 Å². The Morgan fingerprint density at radius 1 is 1.26 bits per heavy atom. The molecule has 3 rings (SSSR count). The lowest BCUT2D eigenvalue weighted by molar-refractivity contribution is -0.111. The predicted octanol–water partition coefficient (Wildman–Crippen LogP) is 5.06. The van der Waals surface area contributed by atoms with E-state index in [0.717, 1.165) is 31.6 Å². The average molecular weight is 340 g/mol. The molecule has 2 aromatic carbocycles. The Hall–Kier alpha value is -2.11. The van der Waals surface area contributed by atoms with Crippen LogP contribution >= 0.6 is 23.1 Å². The molecule has 3 nitrogen and oxygen atoms in total. The van der Waals surface area contributed by atoms with Gasteiger partial charge in [0, 0.05) is 11.8 Å². The van der Waals surface area contributed by atoms with E-state index < -0.39 is 0 Å². The van der Waals surface area contributed by atoms with Gasteiger partial charge in [-0.05, 0) is 35.6 Å². The van der Waals surface area contributed by atoms with E-state index in [1.54, 1.807) is 35.3 Å². The van der Waals surface area contributed by atoms with Gasteiger partial charge in [0.05, 0.1) is 10.2 Å². The van der Waals surface area contributed by atoms with Crippen LogP contribution in [-0.2, 0) is 4.79 Å². The largest absolute Gasteiger partial charge is 0.322 e. The molecule has 0 spiro atoms. The zero-order valence-corrected chi connectivity index (χ0v) is 14.3. The lowest BCUT2D eigenvalue weighted by atomic mass is 10.2. The number of amides is 1. The number of carbonyl (C=O) groups excluding carboxylic acids is 1. The van der Waals surface area contributed by atoms with Gasteiger partial charge < -0.3 is 5.32 Å². The van der Waals surface area contributed by atoms with Crippen molar-refractivity contribution in [1.82, 2.24) is 4.98 Å². The molecule has 0 aliphatic carbocycles. The van der Waals surface area contributed by atoms with Gasteiger partial charge in [0.15, 0.2) is 4.34 Å². The maximum atomic E-state index is 12.0. The van der Waals surface area contributed by atoms with E-state index in [2.05, 4.69) is 17.2 Å². The number of nitrogens with one attached hydrogen (secondary N) is 1. The molecule has 5 heteroatoms. The third-order valence-electron chi connectivity index (χ3n) is 3.13. The maximum absolute atomic E-state index is 12.0. The summed E-state index contributed by atoms with van der Waals surface area (Å²) >= 11 is 3.39. The highest BCUT2D eigenvalue weighted by atomic mass is 32.2. The van der Waals surface area contributed by atoms with Gasteiger partial charge in [-0.3, -0.25) is 4.79 Å². The summed E-state index contributed by atoms with van der Waals surface area (Å²) in [4.78, 5) is 16.6. The second-order valence-corrected chi connectivity index (χ2v) is 7.37. The summed E-state index contributed by atoms with van der Waals surface area (Å²) in [5.74, 6) is 0.870. The molecule has 116 valence electrons. The number of nitrogens with zero attached hydrogens (tertiary/aromatic N) is 1. The van der Waals surface area contributed by atoms with Crippen molar-refractivity contribution < 1.29 is 4.79 Å². The molecule has 0 radical (unpaired) electrons. The predicted molar refractivity (Wildman–Crippen MR) is 100 cm³/mol. The van der Waals surface area contributed by atoms with E-state index in [-0.39, 0.29) is 5.91 Å². The van der Waals surface area contributed by atoms with Crippen molar-refractivity contribution in [2.45, 2.75) is 11.3 Å². The van der Waals surface area contributed by atoms with Gasteiger partial charge in [0.25, 0.3) is 0 Å². The minimum atomic E-state index is -0.138. The standard InChI is InChI=1S/C18H16N2OS2/c1-2-22-18-20-15-10-9-14(12-16(15)23-18)19-17(21)11-8-13-6-4-3-5-7-13/h3-12H,2H2,1H3,(H,19,21). The highest BCUT2D eigenvalue weighted by Gasteiger charge is 2.05. The third-order valence-corrected chi connectivity index (χ3v) is 5.17. The number of thiazole rings is 1. The first-order valence-electron chi connectivity index (χ1n) is 7.32. The van der Waals surface area contributed by atoms with Gasteiger partial charge in [-0.2, -0.15) is 0 Å².